The fraction of sp³-hybridized carbons (Fsp3) is 0.457. The number of rotatable bonds is 0. The molecule has 5 rings (SSSR count). The van der Waals surface area contributed by atoms with E-state index in [0.29, 0.717) is 0 Å². The van der Waals surface area contributed by atoms with Crippen molar-refractivity contribution in [3.05, 3.63) is 88.3 Å². The molecule has 1 aliphatic heterocycles. The minimum atomic E-state index is 0.114. The smallest absolute Gasteiger partial charge is 0.192 e. The first-order valence-corrected chi connectivity index (χ1v) is 14.5. The molecule has 3 aromatic carbocycles. The number of anilines is 1. The van der Waals surface area contributed by atoms with Crippen LogP contribution in [0.3, 0.4) is 0 Å². The van der Waals surface area contributed by atoms with Crippen LogP contribution >= 0.6 is 11.6 Å². The van der Waals surface area contributed by atoms with Gasteiger partial charge in [0, 0.05) is 19.0 Å². The van der Waals surface area contributed by atoms with Crippen molar-refractivity contribution in [1.29, 1.82) is 0 Å². The lowest BCUT2D eigenvalue weighted by molar-refractivity contribution is 0.311. The standard InChI is InChI=1S/C13H19NO.C12H15NO.C10H13Cl/c1-13(2,3)10-5-6-12-11(9-10)14(4)7-8-15-12;1-8-13-11-9(12(2,3)4)6-5-7-10(11)14-8;1-10(2,3)8-5-4-6-9(11)7-8/h5-6,9H,7-8H2,1-4H3;5-7H,1-4H3;4-7H,1-3H3. The van der Waals surface area contributed by atoms with Crippen molar-refractivity contribution in [1.82, 2.24) is 4.98 Å². The van der Waals surface area contributed by atoms with Gasteiger partial charge in [-0.25, -0.2) is 4.98 Å². The van der Waals surface area contributed by atoms with Crippen LogP contribution in [0, 0.1) is 6.92 Å². The highest BCUT2D eigenvalue weighted by atomic mass is 35.5. The van der Waals surface area contributed by atoms with Crippen LogP contribution < -0.4 is 9.64 Å². The van der Waals surface area contributed by atoms with Crippen molar-refractivity contribution in [2.45, 2.75) is 85.5 Å². The maximum atomic E-state index is 5.85. The van der Waals surface area contributed by atoms with Gasteiger partial charge < -0.3 is 14.1 Å². The van der Waals surface area contributed by atoms with Crippen molar-refractivity contribution in [3.8, 4) is 5.75 Å². The second-order valence-corrected chi connectivity index (χ2v) is 14.0. The van der Waals surface area contributed by atoms with Crippen molar-refractivity contribution in [2.24, 2.45) is 0 Å². The molecule has 0 spiro atoms. The number of halogens is 1. The van der Waals surface area contributed by atoms with E-state index < -0.39 is 0 Å². The third kappa shape index (κ3) is 8.27. The average molecular weight is 563 g/mol. The van der Waals surface area contributed by atoms with Gasteiger partial charge in [-0.2, -0.15) is 0 Å². The van der Waals surface area contributed by atoms with Gasteiger partial charge in [-0.15, -0.1) is 0 Å². The van der Waals surface area contributed by atoms with Gasteiger partial charge in [0.1, 0.15) is 17.9 Å². The molecule has 5 heteroatoms. The van der Waals surface area contributed by atoms with E-state index in [-0.39, 0.29) is 16.2 Å². The molecule has 1 aliphatic rings. The molecule has 0 saturated carbocycles. The molecule has 0 saturated heterocycles. The van der Waals surface area contributed by atoms with Crippen molar-refractivity contribution >= 4 is 28.4 Å². The zero-order valence-electron chi connectivity index (χ0n) is 26.3. The predicted molar refractivity (Wildman–Crippen MR) is 172 cm³/mol. The van der Waals surface area contributed by atoms with Crippen LogP contribution in [0.25, 0.3) is 11.1 Å². The van der Waals surface area contributed by atoms with Gasteiger partial charge in [0.2, 0.25) is 0 Å². The quantitative estimate of drug-likeness (QED) is 0.214. The summed E-state index contributed by atoms with van der Waals surface area (Å²) < 4.78 is 11.1. The van der Waals surface area contributed by atoms with Crippen LogP contribution in [-0.4, -0.2) is 25.2 Å². The van der Waals surface area contributed by atoms with Crippen LogP contribution in [-0.2, 0) is 16.2 Å². The minimum absolute atomic E-state index is 0.114. The summed E-state index contributed by atoms with van der Waals surface area (Å²) in [7, 11) is 2.12. The Kier molecular flexibility index (Phi) is 9.67. The molecular formula is C35H47ClN2O2. The summed E-state index contributed by atoms with van der Waals surface area (Å²) in [5.74, 6) is 1.74. The molecule has 0 unspecified atom stereocenters. The van der Waals surface area contributed by atoms with Crippen molar-refractivity contribution in [2.75, 3.05) is 25.1 Å². The Balaban J connectivity index is 0.000000168. The van der Waals surface area contributed by atoms with Crippen LogP contribution in [0.15, 0.2) is 65.1 Å². The highest BCUT2D eigenvalue weighted by molar-refractivity contribution is 6.30. The third-order valence-electron chi connectivity index (χ3n) is 6.95. The fourth-order valence-corrected chi connectivity index (χ4v) is 4.63. The second kappa shape index (κ2) is 12.3. The topological polar surface area (TPSA) is 38.5 Å². The number of aromatic nitrogens is 1. The number of aryl methyl sites for hydroxylation is 1. The molecule has 4 aromatic rings. The Morgan fingerprint density at radius 1 is 0.775 bits per heavy atom. The van der Waals surface area contributed by atoms with E-state index in [1.807, 2.05) is 37.3 Å². The highest BCUT2D eigenvalue weighted by Crippen LogP contribution is 2.35. The summed E-state index contributed by atoms with van der Waals surface area (Å²) in [4.78, 5) is 6.67. The summed E-state index contributed by atoms with van der Waals surface area (Å²) in [6.07, 6.45) is 0. The van der Waals surface area contributed by atoms with Crippen molar-refractivity contribution < 1.29 is 9.15 Å². The molecule has 0 fully saturated rings. The lowest BCUT2D eigenvalue weighted by Crippen LogP contribution is -2.29. The molecule has 0 amide bonds. The van der Waals surface area contributed by atoms with Gasteiger partial charge in [-0.05, 0) is 63.3 Å². The zero-order chi connectivity index (χ0) is 29.9. The van der Waals surface area contributed by atoms with E-state index in [9.17, 15) is 0 Å². The van der Waals surface area contributed by atoms with Gasteiger partial charge >= 0.3 is 0 Å². The Labute approximate surface area is 246 Å². The molecule has 0 atom stereocenters. The van der Waals surface area contributed by atoms with E-state index >= 15 is 0 Å². The van der Waals surface area contributed by atoms with Gasteiger partial charge in [-0.3, -0.25) is 0 Å². The molecule has 40 heavy (non-hydrogen) atoms. The van der Waals surface area contributed by atoms with E-state index in [1.165, 1.54) is 22.4 Å². The number of nitrogens with zero attached hydrogens (tertiary/aromatic N) is 2. The van der Waals surface area contributed by atoms with E-state index in [2.05, 4.69) is 110 Å². The van der Waals surface area contributed by atoms with E-state index in [0.717, 1.165) is 40.9 Å². The number of fused-ring (bicyclic) bond motifs is 2. The molecule has 2 heterocycles. The first kappa shape index (κ1) is 31.5. The minimum Gasteiger partial charge on any atom is -0.490 e. The third-order valence-corrected chi connectivity index (χ3v) is 7.18. The van der Waals surface area contributed by atoms with Gasteiger partial charge in [0.15, 0.2) is 11.5 Å². The molecule has 4 nitrogen and oxygen atoms in total. The zero-order valence-corrected chi connectivity index (χ0v) is 27.0. The number of hydrogen-bond donors (Lipinski definition) is 0. The number of hydrogen-bond acceptors (Lipinski definition) is 4. The number of ether oxygens (including phenoxy) is 1. The SMILES string of the molecule is CC(C)(C)c1cccc(Cl)c1.CN1CCOc2ccc(C(C)(C)C)cc21.Cc1nc2c(C(C)(C)C)cccc2o1. The van der Waals surface area contributed by atoms with Crippen LogP contribution in [0.1, 0.15) is 84.9 Å². The maximum absolute atomic E-state index is 5.85. The largest absolute Gasteiger partial charge is 0.490 e. The lowest BCUT2D eigenvalue weighted by atomic mass is 9.86. The van der Waals surface area contributed by atoms with Crippen LogP contribution in [0.2, 0.25) is 5.02 Å². The van der Waals surface area contributed by atoms with Gasteiger partial charge in [-0.1, -0.05) is 104 Å². The Bertz CT molecular complexity index is 1420. The van der Waals surface area contributed by atoms with Crippen LogP contribution in [0.4, 0.5) is 5.69 Å². The highest BCUT2D eigenvalue weighted by Gasteiger charge is 2.20. The molecule has 216 valence electrons. The van der Waals surface area contributed by atoms with Crippen LogP contribution in [0.5, 0.6) is 5.75 Å². The number of oxazole rings is 1. The van der Waals surface area contributed by atoms with E-state index in [1.54, 1.807) is 0 Å². The average Bonchev–Trinajstić information content (AvgIpc) is 3.23. The first-order valence-electron chi connectivity index (χ1n) is 14.1. The summed E-state index contributed by atoms with van der Waals surface area (Å²) in [6, 6.07) is 20.6. The molecular weight excluding hydrogens is 516 g/mol. The predicted octanol–water partition coefficient (Wildman–Crippen LogP) is 9.88. The van der Waals surface area contributed by atoms with E-state index in [4.69, 9.17) is 20.8 Å². The molecule has 1 aromatic heterocycles. The number of para-hydroxylation sites is 1. The Morgan fingerprint density at radius 2 is 1.40 bits per heavy atom. The monoisotopic (exact) mass is 562 g/mol. The summed E-state index contributed by atoms with van der Waals surface area (Å²) in [5, 5.41) is 0.817. The van der Waals surface area contributed by atoms with Gasteiger partial charge in [0.05, 0.1) is 12.2 Å². The summed E-state index contributed by atoms with van der Waals surface area (Å²) in [6.45, 7) is 23.4. The Hall–Kier alpha value is -2.98. The van der Waals surface area contributed by atoms with Gasteiger partial charge in [0.25, 0.3) is 0 Å². The molecule has 0 radical (unpaired) electrons. The Morgan fingerprint density at radius 3 is 1.98 bits per heavy atom. The first-order chi connectivity index (χ1) is 18.5. The molecule has 0 bridgehead atoms. The maximum Gasteiger partial charge on any atom is 0.192 e. The summed E-state index contributed by atoms with van der Waals surface area (Å²) >= 11 is 5.85. The lowest BCUT2D eigenvalue weighted by Gasteiger charge is -2.30. The summed E-state index contributed by atoms with van der Waals surface area (Å²) in [5.41, 5.74) is 7.50. The fourth-order valence-electron chi connectivity index (χ4n) is 4.44. The molecule has 0 aliphatic carbocycles. The number of benzene rings is 3. The number of likely N-dealkylation sites (N-methyl/N-ethyl adjacent to an activating group) is 1. The normalized spacial score (nSPS) is 13.4. The molecule has 0 N–H and O–H groups in total. The second-order valence-electron chi connectivity index (χ2n) is 13.6. The van der Waals surface area contributed by atoms with Crippen molar-refractivity contribution in [3.63, 3.8) is 0 Å².